The Morgan fingerprint density at radius 2 is 1.87 bits per heavy atom. The van der Waals surface area contributed by atoms with Crippen molar-refractivity contribution in [2.24, 2.45) is 4.99 Å². The molecule has 0 saturated carbocycles. The molecule has 0 radical (unpaired) electrons. The molecule has 30 heavy (non-hydrogen) atoms. The minimum Gasteiger partial charge on any atom is -0.493 e. The second-order valence-corrected chi connectivity index (χ2v) is 7.28. The molecule has 8 heteroatoms. The molecule has 1 aliphatic heterocycles. The lowest BCUT2D eigenvalue weighted by Crippen LogP contribution is -2.44. The minimum atomic E-state index is 0. The van der Waals surface area contributed by atoms with Crippen LogP contribution in [-0.2, 0) is 4.74 Å². The van der Waals surface area contributed by atoms with E-state index in [9.17, 15) is 0 Å². The van der Waals surface area contributed by atoms with Gasteiger partial charge in [-0.3, -0.25) is 9.89 Å². The van der Waals surface area contributed by atoms with Crippen LogP contribution in [0, 0.1) is 0 Å². The number of halogens is 1. The van der Waals surface area contributed by atoms with Gasteiger partial charge in [0.15, 0.2) is 17.5 Å². The Labute approximate surface area is 197 Å². The van der Waals surface area contributed by atoms with E-state index in [1.54, 1.807) is 14.2 Å². The maximum Gasteiger partial charge on any atom is 0.191 e. The Morgan fingerprint density at radius 3 is 2.50 bits per heavy atom. The lowest BCUT2D eigenvalue weighted by atomic mass is 10.0. The molecule has 1 atom stereocenters. The number of nitrogens with zero attached hydrogens (tertiary/aromatic N) is 2. The number of rotatable bonds is 8. The average molecular weight is 530 g/mol. The van der Waals surface area contributed by atoms with Gasteiger partial charge in [0.1, 0.15) is 0 Å². The van der Waals surface area contributed by atoms with E-state index in [2.05, 4.69) is 46.7 Å². The van der Waals surface area contributed by atoms with Crippen LogP contribution in [0.3, 0.4) is 0 Å². The zero-order valence-corrected chi connectivity index (χ0v) is 20.6. The number of aliphatic imine (C=N–C) groups is 1. The minimum absolute atomic E-state index is 0. The molecule has 0 spiro atoms. The Balaban J connectivity index is 0.00000320. The van der Waals surface area contributed by atoms with Crippen molar-refractivity contribution in [3.8, 4) is 11.5 Å². The Bertz CT molecular complexity index is 700. The molecule has 7 nitrogen and oxygen atoms in total. The van der Waals surface area contributed by atoms with Gasteiger partial charge < -0.3 is 24.8 Å². The van der Waals surface area contributed by atoms with Gasteiger partial charge in [-0.1, -0.05) is 18.2 Å². The van der Waals surface area contributed by atoms with Crippen LogP contribution in [0.5, 0.6) is 11.5 Å². The van der Waals surface area contributed by atoms with E-state index in [4.69, 9.17) is 19.2 Å². The van der Waals surface area contributed by atoms with E-state index >= 15 is 0 Å². The molecule has 1 aliphatic carbocycles. The number of benzene rings is 1. The smallest absolute Gasteiger partial charge is 0.191 e. The summed E-state index contributed by atoms with van der Waals surface area (Å²) < 4.78 is 16.5. The molecule has 2 aliphatic rings. The van der Waals surface area contributed by atoms with Crippen LogP contribution in [0.1, 0.15) is 31.4 Å². The van der Waals surface area contributed by atoms with E-state index in [1.807, 2.05) is 6.07 Å². The lowest BCUT2D eigenvalue weighted by molar-refractivity contribution is 0.0179. The summed E-state index contributed by atoms with van der Waals surface area (Å²) in [5.74, 6) is 2.36. The molecule has 168 valence electrons. The molecular formula is C22H35IN4O3. The summed E-state index contributed by atoms with van der Waals surface area (Å²) in [7, 11) is 3.33. The third-order valence-corrected chi connectivity index (χ3v) is 5.39. The van der Waals surface area contributed by atoms with Crippen LogP contribution in [0.4, 0.5) is 0 Å². The van der Waals surface area contributed by atoms with E-state index in [0.717, 1.165) is 63.1 Å². The van der Waals surface area contributed by atoms with Gasteiger partial charge in [0.25, 0.3) is 0 Å². The zero-order chi connectivity index (χ0) is 20.5. The fourth-order valence-corrected chi connectivity index (χ4v) is 3.81. The highest BCUT2D eigenvalue weighted by molar-refractivity contribution is 14.0. The normalized spacial score (nSPS) is 18.6. The van der Waals surface area contributed by atoms with Gasteiger partial charge in [-0.05, 0) is 37.5 Å². The summed E-state index contributed by atoms with van der Waals surface area (Å²) in [5.41, 5.74) is 1.17. The van der Waals surface area contributed by atoms with Crippen LogP contribution < -0.4 is 20.1 Å². The van der Waals surface area contributed by atoms with Crippen LogP contribution in [-0.4, -0.2) is 70.5 Å². The first-order valence-corrected chi connectivity index (χ1v) is 10.5. The third-order valence-electron chi connectivity index (χ3n) is 5.39. The van der Waals surface area contributed by atoms with Crippen molar-refractivity contribution < 1.29 is 14.2 Å². The average Bonchev–Trinajstić information content (AvgIpc) is 3.27. The Hall–Kier alpha value is -1.52. The standard InChI is InChI=1S/C22H34N4O3.HI/c1-4-23-22(25-18-7-5-6-8-18)24-16-19(26-11-13-29-14-12-26)17-9-10-20(27-2)21(15-17)28-3;/h5-6,9-10,15,18-19H,4,7-8,11-14,16H2,1-3H3,(H2,23,24,25);1H. The topological polar surface area (TPSA) is 67.4 Å². The highest BCUT2D eigenvalue weighted by Gasteiger charge is 2.24. The van der Waals surface area contributed by atoms with Gasteiger partial charge in [0.05, 0.1) is 40.0 Å². The molecule has 0 bridgehead atoms. The maximum absolute atomic E-state index is 5.57. The molecular weight excluding hydrogens is 495 g/mol. The number of hydrogen-bond donors (Lipinski definition) is 2. The fourth-order valence-electron chi connectivity index (χ4n) is 3.81. The molecule has 1 fully saturated rings. The maximum atomic E-state index is 5.57. The molecule has 0 aromatic heterocycles. The molecule has 0 amide bonds. The molecule has 1 aromatic rings. The number of ether oxygens (including phenoxy) is 3. The van der Waals surface area contributed by atoms with Crippen LogP contribution in [0.25, 0.3) is 0 Å². The van der Waals surface area contributed by atoms with E-state index in [-0.39, 0.29) is 30.0 Å². The number of nitrogens with one attached hydrogen (secondary N) is 2. The summed E-state index contributed by atoms with van der Waals surface area (Å²) in [4.78, 5) is 7.38. The SMILES string of the molecule is CCNC(=NCC(c1ccc(OC)c(OC)c1)N1CCOCC1)NC1CC=CC1.I. The van der Waals surface area contributed by atoms with E-state index in [1.165, 1.54) is 5.56 Å². The van der Waals surface area contributed by atoms with Crippen molar-refractivity contribution in [1.29, 1.82) is 0 Å². The molecule has 1 heterocycles. The second-order valence-electron chi connectivity index (χ2n) is 7.28. The van der Waals surface area contributed by atoms with Gasteiger partial charge in [-0.25, -0.2) is 0 Å². The summed E-state index contributed by atoms with van der Waals surface area (Å²) in [6.45, 7) is 6.88. The fraction of sp³-hybridized carbons (Fsp3) is 0.591. The van der Waals surface area contributed by atoms with Crippen molar-refractivity contribution in [2.45, 2.75) is 31.8 Å². The van der Waals surface area contributed by atoms with E-state index in [0.29, 0.717) is 12.6 Å². The Morgan fingerprint density at radius 1 is 1.17 bits per heavy atom. The van der Waals surface area contributed by atoms with Gasteiger partial charge in [-0.15, -0.1) is 24.0 Å². The van der Waals surface area contributed by atoms with Crippen molar-refractivity contribution in [3.05, 3.63) is 35.9 Å². The van der Waals surface area contributed by atoms with Crippen molar-refractivity contribution in [2.75, 3.05) is 53.6 Å². The molecule has 1 aromatic carbocycles. The monoisotopic (exact) mass is 530 g/mol. The van der Waals surface area contributed by atoms with Gasteiger partial charge in [0, 0.05) is 25.7 Å². The summed E-state index contributed by atoms with van der Waals surface area (Å²) in [6.07, 6.45) is 6.54. The van der Waals surface area contributed by atoms with Crippen molar-refractivity contribution >= 4 is 29.9 Å². The van der Waals surface area contributed by atoms with Gasteiger partial charge >= 0.3 is 0 Å². The lowest BCUT2D eigenvalue weighted by Gasteiger charge is -2.34. The predicted molar refractivity (Wildman–Crippen MR) is 131 cm³/mol. The van der Waals surface area contributed by atoms with Crippen LogP contribution in [0.2, 0.25) is 0 Å². The van der Waals surface area contributed by atoms with E-state index < -0.39 is 0 Å². The van der Waals surface area contributed by atoms with Crippen molar-refractivity contribution in [3.63, 3.8) is 0 Å². The highest BCUT2D eigenvalue weighted by Crippen LogP contribution is 2.32. The zero-order valence-electron chi connectivity index (χ0n) is 18.2. The number of methoxy groups -OCH3 is 2. The first-order chi connectivity index (χ1) is 14.2. The van der Waals surface area contributed by atoms with Crippen LogP contribution in [0.15, 0.2) is 35.3 Å². The molecule has 1 unspecified atom stereocenters. The third kappa shape index (κ3) is 6.75. The molecule has 1 saturated heterocycles. The first kappa shape index (κ1) is 24.7. The number of hydrogen-bond acceptors (Lipinski definition) is 5. The first-order valence-electron chi connectivity index (χ1n) is 10.5. The predicted octanol–water partition coefficient (Wildman–Crippen LogP) is 2.97. The number of morpholine rings is 1. The van der Waals surface area contributed by atoms with Crippen LogP contribution >= 0.6 is 24.0 Å². The van der Waals surface area contributed by atoms with Crippen molar-refractivity contribution in [1.82, 2.24) is 15.5 Å². The second kappa shape index (κ2) is 13.0. The summed E-state index contributed by atoms with van der Waals surface area (Å²) in [5, 5.41) is 6.94. The Kier molecular flexibility index (Phi) is 10.7. The quantitative estimate of drug-likeness (QED) is 0.233. The highest BCUT2D eigenvalue weighted by atomic mass is 127. The summed E-state index contributed by atoms with van der Waals surface area (Å²) >= 11 is 0. The molecule has 3 rings (SSSR count). The molecule has 2 N–H and O–H groups in total. The largest absolute Gasteiger partial charge is 0.493 e. The number of guanidine groups is 1. The van der Waals surface area contributed by atoms with Gasteiger partial charge in [-0.2, -0.15) is 0 Å². The van der Waals surface area contributed by atoms with Gasteiger partial charge in [0.2, 0.25) is 0 Å². The summed E-state index contributed by atoms with van der Waals surface area (Å²) in [6, 6.07) is 6.72.